The van der Waals surface area contributed by atoms with E-state index in [4.69, 9.17) is 0 Å². The minimum Gasteiger partial charge on any atom is -0.294 e. The molecule has 1 aromatic rings. The summed E-state index contributed by atoms with van der Waals surface area (Å²) in [5.41, 5.74) is -1.72. The summed E-state index contributed by atoms with van der Waals surface area (Å²) in [6.45, 7) is 2.22. The summed E-state index contributed by atoms with van der Waals surface area (Å²) in [7, 11) is 0. The second kappa shape index (κ2) is 3.64. The van der Waals surface area contributed by atoms with Gasteiger partial charge in [-0.15, -0.1) is 0 Å². The highest BCUT2D eigenvalue weighted by molar-refractivity contribution is 5.94. The van der Waals surface area contributed by atoms with E-state index < -0.39 is 28.9 Å². The molecule has 0 saturated heterocycles. The predicted molar refractivity (Wildman–Crippen MR) is 46.1 cm³/mol. The number of carbonyl (C=O) groups excluding carboxylic acids is 1. The molecule has 0 heterocycles. The Morgan fingerprint density at radius 2 is 1.80 bits per heavy atom. The van der Waals surface area contributed by atoms with E-state index in [9.17, 15) is 22.4 Å². The van der Waals surface area contributed by atoms with Crippen LogP contribution in [-0.4, -0.2) is 5.78 Å². The highest BCUT2D eigenvalue weighted by atomic mass is 19.4. The fraction of sp³-hybridized carbons (Fsp3) is 0.300. The summed E-state index contributed by atoms with van der Waals surface area (Å²) < 4.78 is 50.2. The zero-order chi connectivity index (χ0) is 11.8. The van der Waals surface area contributed by atoms with Gasteiger partial charge in [0.15, 0.2) is 5.78 Å². The number of benzene rings is 1. The van der Waals surface area contributed by atoms with Gasteiger partial charge in [0.05, 0.1) is 11.1 Å². The number of hydrogen-bond donors (Lipinski definition) is 0. The van der Waals surface area contributed by atoms with E-state index in [1.54, 1.807) is 0 Å². The summed E-state index contributed by atoms with van der Waals surface area (Å²) in [6.07, 6.45) is -4.57. The molecule has 82 valence electrons. The van der Waals surface area contributed by atoms with Crippen LogP contribution in [0.1, 0.15) is 28.4 Å². The van der Waals surface area contributed by atoms with Crippen LogP contribution in [0.5, 0.6) is 0 Å². The van der Waals surface area contributed by atoms with Crippen molar-refractivity contribution >= 4 is 5.78 Å². The van der Waals surface area contributed by atoms with Crippen LogP contribution in [-0.2, 0) is 6.18 Å². The summed E-state index contributed by atoms with van der Waals surface area (Å²) in [5.74, 6) is -1.61. The molecule has 1 rings (SSSR count). The lowest BCUT2D eigenvalue weighted by Crippen LogP contribution is -2.09. The normalized spacial score (nSPS) is 11.6. The van der Waals surface area contributed by atoms with Crippen LogP contribution in [0.4, 0.5) is 17.6 Å². The topological polar surface area (TPSA) is 17.1 Å². The van der Waals surface area contributed by atoms with Crippen LogP contribution in [0, 0.1) is 12.7 Å². The van der Waals surface area contributed by atoms with Gasteiger partial charge in [-0.05, 0) is 31.5 Å². The molecular formula is C10H8F4O. The van der Waals surface area contributed by atoms with Gasteiger partial charge in [-0.2, -0.15) is 13.2 Å². The summed E-state index contributed by atoms with van der Waals surface area (Å²) in [4.78, 5) is 10.9. The molecule has 0 fully saturated rings. The Morgan fingerprint density at radius 1 is 1.27 bits per heavy atom. The molecule has 1 nitrogen and oxygen atoms in total. The molecular weight excluding hydrogens is 212 g/mol. The Labute approximate surface area is 83.7 Å². The zero-order valence-electron chi connectivity index (χ0n) is 8.07. The Balaban J connectivity index is 3.43. The van der Waals surface area contributed by atoms with Crippen LogP contribution in [0.2, 0.25) is 0 Å². The first kappa shape index (κ1) is 11.7. The van der Waals surface area contributed by atoms with Crippen LogP contribution in [0.15, 0.2) is 12.1 Å². The van der Waals surface area contributed by atoms with Crippen LogP contribution in [0.3, 0.4) is 0 Å². The number of alkyl halides is 3. The Bertz CT molecular complexity index is 407. The first-order valence-corrected chi connectivity index (χ1v) is 4.11. The van der Waals surface area contributed by atoms with Crippen LogP contribution >= 0.6 is 0 Å². The first-order chi connectivity index (χ1) is 6.73. The molecule has 0 bridgehead atoms. The highest BCUT2D eigenvalue weighted by Gasteiger charge is 2.32. The fourth-order valence-electron chi connectivity index (χ4n) is 1.19. The molecule has 0 spiro atoms. The average molecular weight is 220 g/mol. The lowest BCUT2D eigenvalue weighted by atomic mass is 10.0. The number of halogens is 4. The van der Waals surface area contributed by atoms with Gasteiger partial charge in [-0.3, -0.25) is 4.79 Å². The minimum atomic E-state index is -4.57. The second-order valence-electron chi connectivity index (χ2n) is 3.21. The van der Waals surface area contributed by atoms with Gasteiger partial charge in [0.2, 0.25) is 0 Å². The minimum absolute atomic E-state index is 0.185. The molecule has 0 aliphatic rings. The van der Waals surface area contributed by atoms with Crippen molar-refractivity contribution < 1.29 is 22.4 Å². The van der Waals surface area contributed by atoms with Gasteiger partial charge in [-0.1, -0.05) is 0 Å². The Kier molecular flexibility index (Phi) is 2.83. The summed E-state index contributed by atoms with van der Waals surface area (Å²) in [5, 5.41) is 0. The Hall–Kier alpha value is -1.39. The van der Waals surface area contributed by atoms with Gasteiger partial charge in [0.25, 0.3) is 0 Å². The lowest BCUT2D eigenvalue weighted by molar-refractivity contribution is -0.137. The van der Waals surface area contributed by atoms with E-state index in [-0.39, 0.29) is 5.56 Å². The first-order valence-electron chi connectivity index (χ1n) is 4.11. The molecule has 0 atom stereocenters. The third kappa shape index (κ3) is 2.34. The van der Waals surface area contributed by atoms with Crippen molar-refractivity contribution in [3.8, 4) is 0 Å². The molecule has 0 aromatic heterocycles. The molecule has 0 aliphatic heterocycles. The standard InChI is InChI=1S/C10H8F4O/c1-5-3-7(10(12,13)14)4-8(6(2)15)9(5)11/h3-4H,1-2H3. The van der Waals surface area contributed by atoms with Crippen molar-refractivity contribution in [2.75, 3.05) is 0 Å². The number of Topliss-reactive ketones (excluding diaryl/α,β-unsaturated/α-hetero) is 1. The molecule has 0 radical (unpaired) electrons. The molecule has 0 aliphatic carbocycles. The number of ketones is 1. The molecule has 0 unspecified atom stereocenters. The molecule has 5 heteroatoms. The molecule has 0 N–H and O–H groups in total. The third-order valence-electron chi connectivity index (χ3n) is 1.96. The zero-order valence-corrected chi connectivity index (χ0v) is 8.07. The maximum absolute atomic E-state index is 13.2. The van der Waals surface area contributed by atoms with E-state index in [0.29, 0.717) is 12.1 Å². The van der Waals surface area contributed by atoms with Crippen molar-refractivity contribution in [3.05, 3.63) is 34.6 Å². The quantitative estimate of drug-likeness (QED) is 0.524. The largest absolute Gasteiger partial charge is 0.416 e. The third-order valence-corrected chi connectivity index (χ3v) is 1.96. The van der Waals surface area contributed by atoms with Crippen molar-refractivity contribution in [1.82, 2.24) is 0 Å². The van der Waals surface area contributed by atoms with Gasteiger partial charge >= 0.3 is 6.18 Å². The lowest BCUT2D eigenvalue weighted by Gasteiger charge is -2.10. The number of carbonyl (C=O) groups is 1. The second-order valence-corrected chi connectivity index (χ2v) is 3.21. The van der Waals surface area contributed by atoms with Crippen molar-refractivity contribution in [2.45, 2.75) is 20.0 Å². The SMILES string of the molecule is CC(=O)c1cc(C(F)(F)F)cc(C)c1F. The average Bonchev–Trinajstić information content (AvgIpc) is 2.06. The van der Waals surface area contributed by atoms with Crippen LogP contribution in [0.25, 0.3) is 0 Å². The van der Waals surface area contributed by atoms with Gasteiger partial charge in [0.1, 0.15) is 5.82 Å². The van der Waals surface area contributed by atoms with E-state index >= 15 is 0 Å². The monoisotopic (exact) mass is 220 g/mol. The van der Waals surface area contributed by atoms with E-state index in [1.807, 2.05) is 0 Å². The van der Waals surface area contributed by atoms with Gasteiger partial charge in [-0.25, -0.2) is 4.39 Å². The van der Waals surface area contributed by atoms with Crippen LogP contribution < -0.4 is 0 Å². The number of hydrogen-bond acceptors (Lipinski definition) is 1. The molecule has 0 saturated carbocycles. The van der Waals surface area contributed by atoms with E-state index in [0.717, 1.165) is 6.92 Å². The molecule has 15 heavy (non-hydrogen) atoms. The van der Waals surface area contributed by atoms with Gasteiger partial charge in [0, 0.05) is 0 Å². The van der Waals surface area contributed by atoms with Crippen molar-refractivity contribution in [2.24, 2.45) is 0 Å². The number of aryl methyl sites for hydroxylation is 1. The molecule has 0 amide bonds. The maximum Gasteiger partial charge on any atom is 0.416 e. The smallest absolute Gasteiger partial charge is 0.294 e. The van der Waals surface area contributed by atoms with Crippen molar-refractivity contribution in [3.63, 3.8) is 0 Å². The number of rotatable bonds is 1. The molecule has 1 aromatic carbocycles. The predicted octanol–water partition coefficient (Wildman–Crippen LogP) is 3.36. The highest BCUT2D eigenvalue weighted by Crippen LogP contribution is 2.31. The van der Waals surface area contributed by atoms with E-state index in [1.165, 1.54) is 6.92 Å². The Morgan fingerprint density at radius 3 is 2.20 bits per heavy atom. The summed E-state index contributed by atoms with van der Waals surface area (Å²) >= 11 is 0. The van der Waals surface area contributed by atoms with Gasteiger partial charge < -0.3 is 0 Å². The fourth-order valence-corrected chi connectivity index (χ4v) is 1.19. The maximum atomic E-state index is 13.2. The van der Waals surface area contributed by atoms with Crippen molar-refractivity contribution in [1.29, 1.82) is 0 Å². The summed E-state index contributed by atoms with van der Waals surface area (Å²) in [6, 6.07) is 1.21. The van der Waals surface area contributed by atoms with E-state index in [2.05, 4.69) is 0 Å².